The van der Waals surface area contributed by atoms with Crippen molar-refractivity contribution in [2.24, 2.45) is 5.92 Å². The van der Waals surface area contributed by atoms with Crippen LogP contribution in [0.5, 0.6) is 0 Å². The number of tetrazole rings is 1. The molecule has 7 nitrogen and oxygen atoms in total. The third-order valence-electron chi connectivity index (χ3n) is 5.17. The Morgan fingerprint density at radius 1 is 1.26 bits per heavy atom. The zero-order valence-corrected chi connectivity index (χ0v) is 16.2. The summed E-state index contributed by atoms with van der Waals surface area (Å²) in [5.74, 6) is 0.856. The molecule has 1 amide bonds. The van der Waals surface area contributed by atoms with Crippen LogP contribution in [0.1, 0.15) is 31.7 Å². The lowest BCUT2D eigenvalue weighted by atomic mass is 10.0. The molecule has 1 aromatic heterocycles. The second-order valence-electron chi connectivity index (χ2n) is 7.49. The highest BCUT2D eigenvalue weighted by molar-refractivity contribution is 5.76. The molecule has 1 fully saturated rings. The minimum absolute atomic E-state index is 0.0414. The number of benzene rings is 1. The predicted molar refractivity (Wildman–Crippen MR) is 99.2 cm³/mol. The Morgan fingerprint density at radius 2 is 2.00 bits per heavy atom. The molecule has 1 atom stereocenters. The molecule has 0 N–H and O–H groups in total. The van der Waals surface area contributed by atoms with Gasteiger partial charge in [-0.2, -0.15) is 0 Å². The maximum Gasteiger partial charge on any atom is 0.244 e. The molecule has 3 rings (SSSR count). The van der Waals surface area contributed by atoms with Crippen LogP contribution in [0.4, 0.5) is 4.39 Å². The van der Waals surface area contributed by atoms with Gasteiger partial charge in [0.2, 0.25) is 5.91 Å². The summed E-state index contributed by atoms with van der Waals surface area (Å²) >= 11 is 0. The first-order valence-corrected chi connectivity index (χ1v) is 9.43. The van der Waals surface area contributed by atoms with Gasteiger partial charge in [0.15, 0.2) is 0 Å². The van der Waals surface area contributed by atoms with Gasteiger partial charge in [-0.25, -0.2) is 9.07 Å². The van der Waals surface area contributed by atoms with Gasteiger partial charge in [0.05, 0.1) is 0 Å². The van der Waals surface area contributed by atoms with E-state index in [0.717, 1.165) is 31.6 Å². The lowest BCUT2D eigenvalue weighted by molar-refractivity contribution is -0.132. The number of halogens is 1. The Morgan fingerprint density at radius 3 is 2.63 bits per heavy atom. The van der Waals surface area contributed by atoms with E-state index in [0.29, 0.717) is 18.3 Å². The van der Waals surface area contributed by atoms with Crippen LogP contribution in [0.25, 0.3) is 0 Å². The molecule has 1 unspecified atom stereocenters. The normalized spacial score (nSPS) is 18.7. The van der Waals surface area contributed by atoms with E-state index in [1.54, 1.807) is 6.92 Å². The Labute approximate surface area is 159 Å². The number of hydrogen-bond donors (Lipinski definition) is 0. The molecular weight excluding hydrogens is 347 g/mol. The van der Waals surface area contributed by atoms with Gasteiger partial charge < -0.3 is 4.90 Å². The lowest BCUT2D eigenvalue weighted by Gasteiger charge is -2.34. The van der Waals surface area contributed by atoms with Crippen molar-refractivity contribution in [2.45, 2.75) is 46.3 Å². The largest absolute Gasteiger partial charge is 0.339 e. The van der Waals surface area contributed by atoms with E-state index in [-0.39, 0.29) is 24.3 Å². The molecule has 2 aromatic rings. The second kappa shape index (κ2) is 8.56. The standard InChI is InChI=1S/C19H27FN6O/c1-14(2)18-12-25(19(27)13-26-15(3)21-22-23-26)10-4-9-24(18)11-16-5-7-17(20)8-6-16/h5-8,14,18H,4,9-13H2,1-3H3. The fraction of sp³-hybridized carbons (Fsp3) is 0.579. The molecule has 0 saturated carbocycles. The molecule has 0 bridgehead atoms. The maximum absolute atomic E-state index is 13.2. The van der Waals surface area contributed by atoms with Crippen molar-refractivity contribution < 1.29 is 9.18 Å². The van der Waals surface area contributed by atoms with Crippen LogP contribution < -0.4 is 0 Å². The van der Waals surface area contributed by atoms with Gasteiger partial charge in [0.25, 0.3) is 0 Å². The van der Waals surface area contributed by atoms with E-state index in [2.05, 4.69) is 34.3 Å². The summed E-state index contributed by atoms with van der Waals surface area (Å²) in [5, 5.41) is 11.3. The van der Waals surface area contributed by atoms with Crippen molar-refractivity contribution in [3.8, 4) is 0 Å². The van der Waals surface area contributed by atoms with E-state index < -0.39 is 0 Å². The lowest BCUT2D eigenvalue weighted by Crippen LogP contribution is -2.46. The van der Waals surface area contributed by atoms with Gasteiger partial charge in [-0.05, 0) is 47.4 Å². The van der Waals surface area contributed by atoms with E-state index >= 15 is 0 Å². The first kappa shape index (κ1) is 19.4. The third-order valence-corrected chi connectivity index (χ3v) is 5.17. The SMILES string of the molecule is Cc1nnnn1CC(=O)N1CCCN(Cc2ccc(F)cc2)C(C(C)C)C1. The van der Waals surface area contributed by atoms with Gasteiger partial charge in [-0.3, -0.25) is 9.69 Å². The number of aryl methyl sites for hydroxylation is 1. The van der Waals surface area contributed by atoms with Crippen LogP contribution in [-0.4, -0.2) is 61.6 Å². The van der Waals surface area contributed by atoms with Crippen molar-refractivity contribution in [3.63, 3.8) is 0 Å². The number of carbonyl (C=O) groups is 1. The van der Waals surface area contributed by atoms with Crippen LogP contribution in [0, 0.1) is 18.7 Å². The first-order chi connectivity index (χ1) is 12.9. The molecule has 0 aliphatic carbocycles. The van der Waals surface area contributed by atoms with Crippen LogP contribution in [0.2, 0.25) is 0 Å². The fourth-order valence-corrected chi connectivity index (χ4v) is 3.57. The van der Waals surface area contributed by atoms with Gasteiger partial charge in [0, 0.05) is 32.2 Å². The van der Waals surface area contributed by atoms with E-state index in [1.807, 2.05) is 17.0 Å². The third kappa shape index (κ3) is 4.88. The summed E-state index contributed by atoms with van der Waals surface area (Å²) in [6.07, 6.45) is 0.907. The summed E-state index contributed by atoms with van der Waals surface area (Å²) in [7, 11) is 0. The van der Waals surface area contributed by atoms with Crippen molar-refractivity contribution in [1.29, 1.82) is 0 Å². The smallest absolute Gasteiger partial charge is 0.244 e. The Bertz CT molecular complexity index is 760. The Hall–Kier alpha value is -2.35. The number of aromatic nitrogens is 4. The molecular formula is C19H27FN6O. The summed E-state index contributed by atoms with van der Waals surface area (Å²) in [6.45, 7) is 9.40. The predicted octanol–water partition coefficient (Wildman–Crippen LogP) is 1.88. The minimum atomic E-state index is -0.218. The number of carbonyl (C=O) groups excluding carboxylic acids is 1. The highest BCUT2D eigenvalue weighted by Crippen LogP contribution is 2.20. The van der Waals surface area contributed by atoms with Crippen LogP contribution in [-0.2, 0) is 17.9 Å². The monoisotopic (exact) mass is 374 g/mol. The molecule has 1 saturated heterocycles. The average molecular weight is 374 g/mol. The summed E-state index contributed by atoms with van der Waals surface area (Å²) in [5.41, 5.74) is 1.09. The highest BCUT2D eigenvalue weighted by Gasteiger charge is 2.29. The maximum atomic E-state index is 13.2. The zero-order chi connectivity index (χ0) is 19.4. The van der Waals surface area contributed by atoms with Gasteiger partial charge >= 0.3 is 0 Å². The molecule has 1 aliphatic heterocycles. The van der Waals surface area contributed by atoms with Crippen LogP contribution in [0.3, 0.4) is 0 Å². The molecule has 27 heavy (non-hydrogen) atoms. The van der Waals surface area contributed by atoms with Gasteiger partial charge in [0.1, 0.15) is 18.2 Å². The van der Waals surface area contributed by atoms with Crippen LogP contribution >= 0.6 is 0 Å². The Kier molecular flexibility index (Phi) is 6.15. The Balaban J connectivity index is 1.69. The topological polar surface area (TPSA) is 67.2 Å². The summed E-state index contributed by atoms with van der Waals surface area (Å²) in [6, 6.07) is 6.92. The molecule has 1 aromatic carbocycles. The molecule has 146 valence electrons. The average Bonchev–Trinajstić information content (AvgIpc) is 2.91. The number of rotatable bonds is 5. The number of amides is 1. The van der Waals surface area contributed by atoms with Gasteiger partial charge in [-0.15, -0.1) is 5.10 Å². The quantitative estimate of drug-likeness (QED) is 0.799. The number of nitrogens with zero attached hydrogens (tertiary/aromatic N) is 6. The minimum Gasteiger partial charge on any atom is -0.339 e. The van der Waals surface area contributed by atoms with Crippen molar-refractivity contribution in [3.05, 3.63) is 41.5 Å². The molecule has 2 heterocycles. The molecule has 0 radical (unpaired) electrons. The van der Waals surface area contributed by atoms with Gasteiger partial charge in [-0.1, -0.05) is 26.0 Å². The first-order valence-electron chi connectivity index (χ1n) is 9.43. The van der Waals surface area contributed by atoms with E-state index in [1.165, 1.54) is 16.8 Å². The fourth-order valence-electron chi connectivity index (χ4n) is 3.57. The summed E-state index contributed by atoms with van der Waals surface area (Å²) < 4.78 is 14.7. The summed E-state index contributed by atoms with van der Waals surface area (Å²) in [4.78, 5) is 17.1. The molecule has 1 aliphatic rings. The van der Waals surface area contributed by atoms with Crippen molar-refractivity contribution >= 4 is 5.91 Å². The van der Waals surface area contributed by atoms with Crippen molar-refractivity contribution in [2.75, 3.05) is 19.6 Å². The molecule has 8 heteroatoms. The van der Waals surface area contributed by atoms with Crippen LogP contribution in [0.15, 0.2) is 24.3 Å². The van der Waals surface area contributed by atoms with E-state index in [4.69, 9.17) is 0 Å². The number of hydrogen-bond acceptors (Lipinski definition) is 5. The highest BCUT2D eigenvalue weighted by atomic mass is 19.1. The van der Waals surface area contributed by atoms with Crippen molar-refractivity contribution in [1.82, 2.24) is 30.0 Å². The van der Waals surface area contributed by atoms with E-state index in [9.17, 15) is 9.18 Å². The molecule has 0 spiro atoms. The zero-order valence-electron chi connectivity index (χ0n) is 16.2. The second-order valence-corrected chi connectivity index (χ2v) is 7.49.